The van der Waals surface area contributed by atoms with Crippen LogP contribution in [0.3, 0.4) is 0 Å². The van der Waals surface area contributed by atoms with Gasteiger partial charge in [0.25, 0.3) is 5.91 Å². The lowest BCUT2D eigenvalue weighted by Gasteiger charge is -2.14. The number of carbonyl (C=O) groups excluding carboxylic acids is 3. The fourth-order valence-electron chi connectivity index (χ4n) is 1.46. The SMILES string of the molecule is CC(C)NC(=O)NC(=O)C(C)OC(=O)c1cc(Br)ccc1O. The van der Waals surface area contributed by atoms with Crippen molar-refractivity contribution in [1.82, 2.24) is 10.6 Å². The summed E-state index contributed by atoms with van der Waals surface area (Å²) in [6.07, 6.45) is -1.19. The second-order valence-corrected chi connectivity index (χ2v) is 5.74. The summed E-state index contributed by atoms with van der Waals surface area (Å²) in [7, 11) is 0. The van der Waals surface area contributed by atoms with Gasteiger partial charge in [0, 0.05) is 10.5 Å². The van der Waals surface area contributed by atoms with Crippen molar-refractivity contribution in [2.24, 2.45) is 0 Å². The van der Waals surface area contributed by atoms with Gasteiger partial charge in [-0.05, 0) is 39.0 Å². The van der Waals surface area contributed by atoms with Crippen LogP contribution in [-0.2, 0) is 9.53 Å². The van der Waals surface area contributed by atoms with E-state index in [-0.39, 0.29) is 17.4 Å². The number of amides is 3. The summed E-state index contributed by atoms with van der Waals surface area (Å²) in [5.41, 5.74) is -0.0827. The van der Waals surface area contributed by atoms with E-state index < -0.39 is 24.0 Å². The summed E-state index contributed by atoms with van der Waals surface area (Å²) < 4.78 is 5.50. The van der Waals surface area contributed by atoms with E-state index >= 15 is 0 Å². The van der Waals surface area contributed by atoms with Crippen LogP contribution in [0.2, 0.25) is 0 Å². The third-order valence-corrected chi connectivity index (χ3v) is 2.98. The van der Waals surface area contributed by atoms with Crippen molar-refractivity contribution in [1.29, 1.82) is 0 Å². The molecule has 0 aromatic heterocycles. The average Bonchev–Trinajstić information content (AvgIpc) is 2.40. The summed E-state index contributed by atoms with van der Waals surface area (Å²) >= 11 is 3.16. The first-order valence-electron chi connectivity index (χ1n) is 6.51. The maximum absolute atomic E-state index is 11.9. The van der Waals surface area contributed by atoms with Crippen LogP contribution >= 0.6 is 15.9 Å². The molecule has 22 heavy (non-hydrogen) atoms. The van der Waals surface area contributed by atoms with E-state index in [1.807, 2.05) is 0 Å². The van der Waals surface area contributed by atoms with Gasteiger partial charge >= 0.3 is 12.0 Å². The number of ether oxygens (including phenoxy) is 1. The highest BCUT2D eigenvalue weighted by molar-refractivity contribution is 9.10. The van der Waals surface area contributed by atoms with Crippen LogP contribution in [0.1, 0.15) is 31.1 Å². The zero-order valence-electron chi connectivity index (χ0n) is 12.3. The van der Waals surface area contributed by atoms with Gasteiger partial charge in [0.1, 0.15) is 11.3 Å². The molecule has 1 rings (SSSR count). The fraction of sp³-hybridized carbons (Fsp3) is 0.357. The van der Waals surface area contributed by atoms with Crippen LogP contribution in [0.4, 0.5) is 4.79 Å². The van der Waals surface area contributed by atoms with Crippen molar-refractivity contribution in [3.8, 4) is 5.75 Å². The summed E-state index contributed by atoms with van der Waals surface area (Å²) in [5, 5.41) is 14.1. The standard InChI is InChI=1S/C14H17BrN2O5/c1-7(2)16-14(21)17-12(19)8(3)22-13(20)10-6-9(15)4-5-11(10)18/h4-8,18H,1-3H3,(H2,16,17,19,21). The van der Waals surface area contributed by atoms with Crippen molar-refractivity contribution in [2.75, 3.05) is 0 Å². The number of nitrogens with one attached hydrogen (secondary N) is 2. The highest BCUT2D eigenvalue weighted by Crippen LogP contribution is 2.22. The third kappa shape index (κ3) is 5.36. The lowest BCUT2D eigenvalue weighted by Crippen LogP contribution is -2.46. The van der Waals surface area contributed by atoms with Crippen LogP contribution in [0.15, 0.2) is 22.7 Å². The topological polar surface area (TPSA) is 105 Å². The molecule has 0 bridgehead atoms. The second-order valence-electron chi connectivity index (χ2n) is 4.83. The highest BCUT2D eigenvalue weighted by atomic mass is 79.9. The largest absolute Gasteiger partial charge is 0.507 e. The molecule has 0 radical (unpaired) electrons. The molecular weight excluding hydrogens is 356 g/mol. The number of carbonyl (C=O) groups is 3. The Hall–Kier alpha value is -2.09. The molecule has 120 valence electrons. The summed E-state index contributed by atoms with van der Waals surface area (Å²) in [6, 6.07) is 3.44. The van der Waals surface area contributed by atoms with E-state index in [0.29, 0.717) is 4.47 Å². The van der Waals surface area contributed by atoms with Crippen LogP contribution in [0.5, 0.6) is 5.75 Å². The lowest BCUT2D eigenvalue weighted by atomic mass is 10.2. The van der Waals surface area contributed by atoms with Crippen LogP contribution in [0, 0.1) is 0 Å². The minimum absolute atomic E-state index is 0.0827. The van der Waals surface area contributed by atoms with E-state index in [9.17, 15) is 19.5 Å². The van der Waals surface area contributed by atoms with Gasteiger partial charge in [0.15, 0.2) is 6.10 Å². The van der Waals surface area contributed by atoms with E-state index in [4.69, 9.17) is 4.74 Å². The van der Waals surface area contributed by atoms with E-state index in [2.05, 4.69) is 26.6 Å². The first kappa shape index (κ1) is 18.0. The molecule has 1 aromatic carbocycles. The summed E-state index contributed by atoms with van der Waals surface area (Å²) in [6.45, 7) is 4.80. The lowest BCUT2D eigenvalue weighted by molar-refractivity contribution is -0.127. The summed E-state index contributed by atoms with van der Waals surface area (Å²) in [5.74, 6) is -1.90. The van der Waals surface area contributed by atoms with Gasteiger partial charge in [0.05, 0.1) is 0 Å². The number of hydrogen-bond donors (Lipinski definition) is 3. The van der Waals surface area contributed by atoms with Gasteiger partial charge in [-0.25, -0.2) is 9.59 Å². The molecule has 0 aliphatic carbocycles. The van der Waals surface area contributed by atoms with E-state index in [0.717, 1.165) is 0 Å². The highest BCUT2D eigenvalue weighted by Gasteiger charge is 2.22. The summed E-state index contributed by atoms with van der Waals surface area (Å²) in [4.78, 5) is 35.0. The Morgan fingerprint density at radius 1 is 1.23 bits per heavy atom. The molecule has 1 aromatic rings. The number of hydrogen-bond acceptors (Lipinski definition) is 5. The third-order valence-electron chi connectivity index (χ3n) is 2.49. The van der Waals surface area contributed by atoms with Crippen molar-refractivity contribution >= 4 is 33.8 Å². The Labute approximate surface area is 136 Å². The molecule has 3 amide bonds. The molecule has 0 saturated heterocycles. The maximum atomic E-state index is 11.9. The van der Waals surface area contributed by atoms with Gasteiger partial charge in [0.2, 0.25) is 0 Å². The molecule has 0 heterocycles. The quantitative estimate of drug-likeness (QED) is 0.700. The molecule has 1 atom stereocenters. The Balaban J connectivity index is 2.65. The number of esters is 1. The smallest absolute Gasteiger partial charge is 0.342 e. The Morgan fingerprint density at radius 2 is 1.86 bits per heavy atom. The molecule has 0 aliphatic heterocycles. The molecular formula is C14H17BrN2O5. The Kier molecular flexibility index (Phi) is 6.36. The minimum Gasteiger partial charge on any atom is -0.507 e. The van der Waals surface area contributed by atoms with E-state index in [1.165, 1.54) is 19.1 Å². The number of imide groups is 1. The molecule has 3 N–H and O–H groups in total. The van der Waals surface area contributed by atoms with Crippen molar-refractivity contribution in [3.63, 3.8) is 0 Å². The first-order chi connectivity index (χ1) is 10.2. The minimum atomic E-state index is -1.19. The maximum Gasteiger partial charge on any atom is 0.342 e. The van der Waals surface area contributed by atoms with Gasteiger partial charge in [-0.1, -0.05) is 15.9 Å². The number of halogens is 1. The van der Waals surface area contributed by atoms with Crippen molar-refractivity contribution < 1.29 is 24.2 Å². The molecule has 8 heteroatoms. The Bertz CT molecular complexity index is 589. The predicted octanol–water partition coefficient (Wildman–Crippen LogP) is 1.93. The second kappa shape index (κ2) is 7.79. The van der Waals surface area contributed by atoms with Gasteiger partial charge in [-0.15, -0.1) is 0 Å². The Morgan fingerprint density at radius 3 is 2.45 bits per heavy atom. The zero-order chi connectivity index (χ0) is 16.9. The van der Waals surface area contributed by atoms with Gasteiger partial charge in [-0.2, -0.15) is 0 Å². The molecule has 0 spiro atoms. The number of aromatic hydroxyl groups is 1. The van der Waals surface area contributed by atoms with Crippen molar-refractivity contribution in [2.45, 2.75) is 32.9 Å². The average molecular weight is 373 g/mol. The number of phenolic OH excluding ortho intramolecular Hbond substituents is 1. The monoisotopic (exact) mass is 372 g/mol. The van der Waals surface area contributed by atoms with Gasteiger partial charge < -0.3 is 15.2 Å². The van der Waals surface area contributed by atoms with Crippen molar-refractivity contribution in [3.05, 3.63) is 28.2 Å². The zero-order valence-corrected chi connectivity index (χ0v) is 13.9. The predicted molar refractivity (Wildman–Crippen MR) is 82.5 cm³/mol. The molecule has 7 nitrogen and oxygen atoms in total. The van der Waals surface area contributed by atoms with Crippen LogP contribution in [-0.4, -0.2) is 35.2 Å². The van der Waals surface area contributed by atoms with Crippen LogP contribution < -0.4 is 10.6 Å². The fourth-order valence-corrected chi connectivity index (χ4v) is 1.82. The number of urea groups is 1. The van der Waals surface area contributed by atoms with E-state index in [1.54, 1.807) is 19.9 Å². The normalized spacial score (nSPS) is 11.7. The molecule has 0 fully saturated rings. The molecule has 1 unspecified atom stereocenters. The van der Waals surface area contributed by atoms with Crippen LogP contribution in [0.25, 0.3) is 0 Å². The number of phenols is 1. The number of rotatable bonds is 4. The molecule has 0 aliphatic rings. The first-order valence-corrected chi connectivity index (χ1v) is 7.31. The molecule has 0 saturated carbocycles. The van der Waals surface area contributed by atoms with Gasteiger partial charge in [-0.3, -0.25) is 10.1 Å². The number of benzene rings is 1.